The van der Waals surface area contributed by atoms with Crippen LogP contribution in [0.2, 0.25) is 0 Å². The van der Waals surface area contributed by atoms with Crippen LogP contribution >= 0.6 is 0 Å². The van der Waals surface area contributed by atoms with E-state index in [9.17, 15) is 4.79 Å². The molecule has 10 heteroatoms. The van der Waals surface area contributed by atoms with Gasteiger partial charge in [0, 0.05) is 5.70 Å². The molecular formula is C21H22N6O4. The number of hydrogen-bond donors (Lipinski definition) is 2. The van der Waals surface area contributed by atoms with Gasteiger partial charge in [-0.25, -0.2) is 0 Å². The summed E-state index contributed by atoms with van der Waals surface area (Å²) in [5, 5.41) is 17.9. The van der Waals surface area contributed by atoms with E-state index in [4.69, 9.17) is 14.2 Å². The van der Waals surface area contributed by atoms with Gasteiger partial charge in [0.25, 0.3) is 5.91 Å². The van der Waals surface area contributed by atoms with Crippen LogP contribution < -0.4 is 24.8 Å². The highest BCUT2D eigenvalue weighted by Gasteiger charge is 2.34. The number of hydrogen-bond acceptors (Lipinski definition) is 8. The Labute approximate surface area is 178 Å². The standard InChI is InChI=1S/C21H22N6O4/c1-12-18(20(28)23-14-7-5-6-8-15(14)29-2)19(27-21(22-12)24-25-26-27)13-9-10-16(30-3)17(11-13)31-4/h5-11,19H,1-4H3,(H,23,28)(H,22,24,26). The van der Waals surface area contributed by atoms with Crippen molar-refractivity contribution in [3.8, 4) is 17.2 Å². The van der Waals surface area contributed by atoms with Crippen LogP contribution in [-0.4, -0.2) is 47.4 Å². The second kappa shape index (κ2) is 8.34. The summed E-state index contributed by atoms with van der Waals surface area (Å²) in [5.41, 5.74) is 2.41. The number of rotatable bonds is 6. The lowest BCUT2D eigenvalue weighted by molar-refractivity contribution is -0.113. The normalized spacial score (nSPS) is 15.0. The molecule has 0 fully saturated rings. The first-order valence-corrected chi connectivity index (χ1v) is 9.49. The number of amides is 1. The average molecular weight is 422 g/mol. The monoisotopic (exact) mass is 422 g/mol. The molecule has 0 radical (unpaired) electrons. The van der Waals surface area contributed by atoms with Gasteiger partial charge in [-0.15, -0.1) is 0 Å². The Hall–Kier alpha value is -4.08. The van der Waals surface area contributed by atoms with Crippen LogP contribution in [0.15, 0.2) is 53.7 Å². The van der Waals surface area contributed by atoms with E-state index in [-0.39, 0.29) is 5.91 Å². The lowest BCUT2D eigenvalue weighted by Crippen LogP contribution is -2.31. The molecular weight excluding hydrogens is 400 g/mol. The number of para-hydroxylation sites is 2. The Kier molecular flexibility index (Phi) is 5.44. The molecule has 0 aliphatic carbocycles. The molecule has 1 unspecified atom stereocenters. The highest BCUT2D eigenvalue weighted by Crippen LogP contribution is 2.38. The molecule has 0 spiro atoms. The van der Waals surface area contributed by atoms with Gasteiger partial charge >= 0.3 is 0 Å². The van der Waals surface area contributed by atoms with Gasteiger partial charge in [-0.3, -0.25) is 4.79 Å². The van der Waals surface area contributed by atoms with Crippen LogP contribution in [0.5, 0.6) is 17.2 Å². The number of fused-ring (bicyclic) bond motifs is 1. The summed E-state index contributed by atoms with van der Waals surface area (Å²) in [4.78, 5) is 13.4. The lowest BCUT2D eigenvalue weighted by Gasteiger charge is -2.28. The van der Waals surface area contributed by atoms with Crippen molar-refractivity contribution in [3.63, 3.8) is 0 Å². The summed E-state index contributed by atoms with van der Waals surface area (Å²) in [6.07, 6.45) is 0. The minimum absolute atomic E-state index is 0.310. The Morgan fingerprint density at radius 2 is 1.77 bits per heavy atom. The van der Waals surface area contributed by atoms with Crippen molar-refractivity contribution in [2.75, 3.05) is 32.0 Å². The van der Waals surface area contributed by atoms with Crippen LogP contribution in [0.25, 0.3) is 0 Å². The fourth-order valence-corrected chi connectivity index (χ4v) is 3.58. The van der Waals surface area contributed by atoms with Crippen LogP contribution in [0.3, 0.4) is 0 Å². The first-order chi connectivity index (χ1) is 15.1. The molecule has 2 N–H and O–H groups in total. The Bertz CT molecular complexity index is 1160. The molecule has 3 aromatic rings. The molecule has 4 rings (SSSR count). The summed E-state index contributed by atoms with van der Waals surface area (Å²) in [7, 11) is 4.68. The van der Waals surface area contributed by atoms with Gasteiger partial charge in [0.2, 0.25) is 5.95 Å². The molecule has 1 aliphatic heterocycles. The topological polar surface area (TPSA) is 112 Å². The van der Waals surface area contributed by atoms with Gasteiger partial charge in [-0.1, -0.05) is 23.3 Å². The molecule has 1 aromatic heterocycles. The Morgan fingerprint density at radius 1 is 1.03 bits per heavy atom. The van der Waals surface area contributed by atoms with E-state index < -0.39 is 6.04 Å². The van der Waals surface area contributed by atoms with Gasteiger partial charge < -0.3 is 24.8 Å². The highest BCUT2D eigenvalue weighted by atomic mass is 16.5. The maximum absolute atomic E-state index is 13.4. The molecule has 2 aromatic carbocycles. The van der Waals surface area contributed by atoms with Crippen LogP contribution in [0.4, 0.5) is 11.6 Å². The maximum Gasteiger partial charge on any atom is 0.255 e. The molecule has 1 atom stereocenters. The fourth-order valence-electron chi connectivity index (χ4n) is 3.58. The predicted octanol–water partition coefficient (Wildman–Crippen LogP) is 2.63. The smallest absolute Gasteiger partial charge is 0.255 e. The van der Waals surface area contributed by atoms with Crippen molar-refractivity contribution in [2.45, 2.75) is 13.0 Å². The summed E-state index contributed by atoms with van der Waals surface area (Å²) >= 11 is 0. The van der Waals surface area contributed by atoms with E-state index >= 15 is 0 Å². The van der Waals surface area contributed by atoms with Crippen molar-refractivity contribution in [1.29, 1.82) is 0 Å². The van der Waals surface area contributed by atoms with Crippen molar-refractivity contribution >= 4 is 17.5 Å². The van der Waals surface area contributed by atoms with Crippen molar-refractivity contribution in [2.24, 2.45) is 0 Å². The van der Waals surface area contributed by atoms with Crippen molar-refractivity contribution in [3.05, 3.63) is 59.3 Å². The van der Waals surface area contributed by atoms with E-state index in [1.54, 1.807) is 44.2 Å². The molecule has 31 heavy (non-hydrogen) atoms. The molecule has 2 heterocycles. The number of allylic oxidation sites excluding steroid dienone is 1. The van der Waals surface area contributed by atoms with E-state index in [1.165, 1.54) is 0 Å². The minimum Gasteiger partial charge on any atom is -0.495 e. The third kappa shape index (κ3) is 3.63. The third-order valence-corrected chi connectivity index (χ3v) is 5.04. The minimum atomic E-state index is -0.583. The van der Waals surface area contributed by atoms with Crippen molar-refractivity contribution in [1.82, 2.24) is 20.2 Å². The number of methoxy groups -OCH3 is 3. The zero-order valence-electron chi connectivity index (χ0n) is 17.5. The third-order valence-electron chi connectivity index (χ3n) is 5.04. The number of benzene rings is 2. The van der Waals surface area contributed by atoms with E-state index in [1.807, 2.05) is 31.2 Å². The fraction of sp³-hybridized carbons (Fsp3) is 0.238. The number of nitrogens with zero attached hydrogens (tertiary/aromatic N) is 4. The second-order valence-corrected chi connectivity index (χ2v) is 6.78. The van der Waals surface area contributed by atoms with Gasteiger partial charge in [-0.2, -0.15) is 4.68 Å². The maximum atomic E-state index is 13.4. The largest absolute Gasteiger partial charge is 0.495 e. The van der Waals surface area contributed by atoms with Gasteiger partial charge in [-0.05, 0) is 47.2 Å². The van der Waals surface area contributed by atoms with Crippen LogP contribution in [0, 0.1) is 0 Å². The van der Waals surface area contributed by atoms with Crippen LogP contribution in [-0.2, 0) is 4.79 Å². The molecule has 160 valence electrons. The SMILES string of the molecule is COc1ccccc1NC(=O)C1=C(C)Nc2nnnn2C1c1ccc(OC)c(OC)c1. The first kappa shape index (κ1) is 20.2. The number of tetrazole rings is 1. The zero-order chi connectivity index (χ0) is 22.0. The number of nitrogens with one attached hydrogen (secondary N) is 2. The predicted molar refractivity (Wildman–Crippen MR) is 113 cm³/mol. The number of carbonyl (C=O) groups is 1. The Morgan fingerprint density at radius 3 is 2.52 bits per heavy atom. The number of aromatic nitrogens is 4. The molecule has 0 bridgehead atoms. The average Bonchev–Trinajstić information content (AvgIpc) is 3.25. The van der Waals surface area contributed by atoms with E-state index in [0.717, 1.165) is 5.56 Å². The summed E-state index contributed by atoms with van der Waals surface area (Å²) in [6, 6.07) is 12.1. The Balaban J connectivity index is 1.79. The summed E-state index contributed by atoms with van der Waals surface area (Å²) in [6.45, 7) is 1.81. The molecule has 0 saturated carbocycles. The number of ether oxygens (including phenoxy) is 3. The molecule has 1 amide bonds. The van der Waals surface area contributed by atoms with Gasteiger partial charge in [0.05, 0.1) is 32.6 Å². The number of carbonyl (C=O) groups excluding carboxylic acids is 1. The summed E-state index contributed by atoms with van der Waals surface area (Å²) in [5.74, 6) is 1.80. The molecule has 10 nitrogen and oxygen atoms in total. The van der Waals surface area contributed by atoms with Gasteiger partial charge in [0.15, 0.2) is 11.5 Å². The highest BCUT2D eigenvalue weighted by molar-refractivity contribution is 6.06. The van der Waals surface area contributed by atoms with Gasteiger partial charge in [0.1, 0.15) is 11.8 Å². The van der Waals surface area contributed by atoms with Crippen LogP contribution in [0.1, 0.15) is 18.5 Å². The lowest BCUT2D eigenvalue weighted by atomic mass is 9.94. The quantitative estimate of drug-likeness (QED) is 0.623. The summed E-state index contributed by atoms with van der Waals surface area (Å²) < 4.78 is 17.7. The number of anilines is 2. The van der Waals surface area contributed by atoms with E-state index in [2.05, 4.69) is 26.2 Å². The molecule has 0 saturated heterocycles. The van der Waals surface area contributed by atoms with E-state index in [0.29, 0.717) is 40.2 Å². The second-order valence-electron chi connectivity index (χ2n) is 6.78. The zero-order valence-corrected chi connectivity index (χ0v) is 17.5. The molecule has 1 aliphatic rings. The first-order valence-electron chi connectivity index (χ1n) is 9.49. The van der Waals surface area contributed by atoms with Crippen molar-refractivity contribution < 1.29 is 19.0 Å².